The minimum absolute atomic E-state index is 0. The summed E-state index contributed by atoms with van der Waals surface area (Å²) in [5.41, 5.74) is 3.47. The number of nitrogens with one attached hydrogen (secondary N) is 2. The maximum absolute atomic E-state index is 11.4. The zero-order valence-electron chi connectivity index (χ0n) is 13.3. The highest BCUT2D eigenvalue weighted by atomic mass is 35.5. The van der Waals surface area contributed by atoms with Crippen LogP contribution in [0.15, 0.2) is 47.5 Å². The molecule has 0 radical (unpaired) electrons. The van der Waals surface area contributed by atoms with Gasteiger partial charge in [0.15, 0.2) is 0 Å². The number of aromatic carboxylic acids is 1. The molecule has 0 amide bonds. The fourth-order valence-corrected chi connectivity index (χ4v) is 2.89. The molecule has 7 heteroatoms. The summed E-state index contributed by atoms with van der Waals surface area (Å²) in [5.74, 6) is 0.483. The molecule has 0 saturated carbocycles. The SMILES string of the molecule is Cl.O=C(O)c1ccccc1-c1nc2ccc(C3=NCCCN3)cc2[nH]1. The van der Waals surface area contributed by atoms with Gasteiger partial charge >= 0.3 is 5.97 Å². The van der Waals surface area contributed by atoms with Gasteiger partial charge in [0.05, 0.1) is 16.6 Å². The molecule has 0 unspecified atom stereocenters. The Morgan fingerprint density at radius 1 is 1.16 bits per heavy atom. The molecule has 0 saturated heterocycles. The lowest BCUT2D eigenvalue weighted by molar-refractivity contribution is 0.0697. The van der Waals surface area contributed by atoms with Crippen molar-refractivity contribution in [2.24, 2.45) is 4.99 Å². The standard InChI is InChI=1S/C18H16N4O2.ClH/c23-18(24)13-5-2-1-4-12(13)17-21-14-7-6-11(10-15(14)22-17)16-19-8-3-9-20-16;/h1-2,4-7,10H,3,8-9H2,(H,19,20)(H,21,22)(H,23,24);1H. The first-order valence-electron chi connectivity index (χ1n) is 7.83. The molecule has 0 bridgehead atoms. The molecule has 3 N–H and O–H groups in total. The van der Waals surface area contributed by atoms with Crippen LogP contribution in [0.25, 0.3) is 22.4 Å². The van der Waals surface area contributed by atoms with E-state index in [0.29, 0.717) is 11.4 Å². The van der Waals surface area contributed by atoms with Crippen molar-refractivity contribution in [2.45, 2.75) is 6.42 Å². The Morgan fingerprint density at radius 3 is 2.76 bits per heavy atom. The topological polar surface area (TPSA) is 90.4 Å². The number of nitrogens with zero attached hydrogens (tertiary/aromatic N) is 2. The van der Waals surface area contributed by atoms with Gasteiger partial charge in [-0.15, -0.1) is 12.4 Å². The number of aromatic nitrogens is 2. The van der Waals surface area contributed by atoms with Gasteiger partial charge in [0.2, 0.25) is 0 Å². The van der Waals surface area contributed by atoms with Gasteiger partial charge in [0.25, 0.3) is 0 Å². The predicted octanol–water partition coefficient (Wildman–Crippen LogP) is 3.09. The Balaban J connectivity index is 0.00000182. The third kappa shape index (κ3) is 3.21. The molecule has 1 aliphatic rings. The molecule has 4 rings (SSSR count). The van der Waals surface area contributed by atoms with Crippen molar-refractivity contribution in [3.8, 4) is 11.4 Å². The number of rotatable bonds is 3. The van der Waals surface area contributed by atoms with Crippen molar-refractivity contribution < 1.29 is 9.90 Å². The van der Waals surface area contributed by atoms with E-state index in [2.05, 4.69) is 20.3 Å². The van der Waals surface area contributed by atoms with Crippen LogP contribution < -0.4 is 5.32 Å². The molecule has 1 aromatic heterocycles. The highest BCUT2D eigenvalue weighted by Gasteiger charge is 2.15. The first-order valence-corrected chi connectivity index (χ1v) is 7.83. The molecule has 6 nitrogen and oxygen atoms in total. The number of carboxylic acid groups (broad SMARTS) is 1. The predicted molar refractivity (Wildman–Crippen MR) is 99.8 cm³/mol. The van der Waals surface area contributed by atoms with Crippen LogP contribution in [-0.2, 0) is 0 Å². The number of amidine groups is 1. The van der Waals surface area contributed by atoms with Crippen molar-refractivity contribution in [1.29, 1.82) is 0 Å². The Hall–Kier alpha value is -2.86. The fraction of sp³-hybridized carbons (Fsp3) is 0.167. The van der Waals surface area contributed by atoms with Gasteiger partial charge in [-0.05, 0) is 30.7 Å². The number of H-pyrrole nitrogens is 1. The van der Waals surface area contributed by atoms with Gasteiger partial charge in [0, 0.05) is 24.2 Å². The number of hydrogen-bond donors (Lipinski definition) is 3. The quantitative estimate of drug-likeness (QED) is 0.672. The zero-order chi connectivity index (χ0) is 16.5. The summed E-state index contributed by atoms with van der Waals surface area (Å²) >= 11 is 0. The van der Waals surface area contributed by atoms with E-state index >= 15 is 0 Å². The average molecular weight is 357 g/mol. The highest BCUT2D eigenvalue weighted by Crippen LogP contribution is 2.24. The van der Waals surface area contributed by atoms with E-state index in [0.717, 1.165) is 41.9 Å². The molecule has 25 heavy (non-hydrogen) atoms. The molecule has 0 spiro atoms. The lowest BCUT2D eigenvalue weighted by Crippen LogP contribution is -2.30. The Bertz CT molecular complexity index is 965. The molecular weight excluding hydrogens is 340 g/mol. The number of benzene rings is 2. The van der Waals surface area contributed by atoms with Crippen LogP contribution in [0, 0.1) is 0 Å². The van der Waals surface area contributed by atoms with Crippen molar-refractivity contribution in [1.82, 2.24) is 15.3 Å². The maximum Gasteiger partial charge on any atom is 0.336 e. The van der Waals surface area contributed by atoms with Crippen molar-refractivity contribution >= 4 is 35.2 Å². The molecule has 1 aliphatic heterocycles. The fourth-order valence-electron chi connectivity index (χ4n) is 2.89. The van der Waals surface area contributed by atoms with E-state index in [9.17, 15) is 9.90 Å². The number of hydrogen-bond acceptors (Lipinski definition) is 4. The van der Waals surface area contributed by atoms with E-state index in [1.807, 2.05) is 18.2 Å². The zero-order valence-corrected chi connectivity index (χ0v) is 14.1. The first kappa shape index (κ1) is 17.0. The van der Waals surface area contributed by atoms with Gasteiger partial charge in [-0.1, -0.05) is 18.2 Å². The summed E-state index contributed by atoms with van der Waals surface area (Å²) in [7, 11) is 0. The summed E-state index contributed by atoms with van der Waals surface area (Å²) in [6.45, 7) is 1.76. The molecule has 2 heterocycles. The Morgan fingerprint density at radius 2 is 2.00 bits per heavy atom. The summed E-state index contributed by atoms with van der Waals surface area (Å²) in [6.07, 6.45) is 1.05. The molecule has 128 valence electrons. The molecule has 3 aromatic rings. The van der Waals surface area contributed by atoms with Crippen LogP contribution in [-0.4, -0.2) is 40.0 Å². The summed E-state index contributed by atoms with van der Waals surface area (Å²) in [5, 5.41) is 12.7. The lowest BCUT2D eigenvalue weighted by Gasteiger charge is -2.14. The van der Waals surface area contributed by atoms with Crippen molar-refractivity contribution in [3.05, 3.63) is 53.6 Å². The monoisotopic (exact) mass is 356 g/mol. The number of carboxylic acids is 1. The van der Waals surface area contributed by atoms with Crippen LogP contribution in [0.2, 0.25) is 0 Å². The van der Waals surface area contributed by atoms with E-state index in [-0.39, 0.29) is 18.0 Å². The van der Waals surface area contributed by atoms with Crippen LogP contribution in [0.5, 0.6) is 0 Å². The second-order valence-electron chi connectivity index (χ2n) is 5.68. The maximum atomic E-state index is 11.4. The minimum Gasteiger partial charge on any atom is -0.478 e. The van der Waals surface area contributed by atoms with Gasteiger partial charge in [-0.2, -0.15) is 0 Å². The molecule has 0 aliphatic carbocycles. The average Bonchev–Trinajstić information content (AvgIpc) is 3.05. The molecular formula is C18H17ClN4O2. The normalized spacial score (nSPS) is 13.7. The number of aromatic amines is 1. The Labute approximate surface area is 150 Å². The van der Waals surface area contributed by atoms with E-state index in [1.165, 1.54) is 0 Å². The molecule has 0 fully saturated rings. The Kier molecular flexibility index (Phi) is 4.72. The number of halogens is 1. The van der Waals surface area contributed by atoms with Gasteiger partial charge < -0.3 is 15.4 Å². The molecule has 0 atom stereocenters. The summed E-state index contributed by atoms with van der Waals surface area (Å²) in [4.78, 5) is 23.7. The van der Waals surface area contributed by atoms with Gasteiger partial charge in [-0.3, -0.25) is 4.99 Å². The second-order valence-corrected chi connectivity index (χ2v) is 5.68. The van der Waals surface area contributed by atoms with Crippen LogP contribution in [0.1, 0.15) is 22.3 Å². The highest BCUT2D eigenvalue weighted by molar-refractivity contribution is 6.02. The summed E-state index contributed by atoms with van der Waals surface area (Å²) in [6, 6.07) is 12.7. The minimum atomic E-state index is -0.965. The van der Waals surface area contributed by atoms with Gasteiger partial charge in [-0.25, -0.2) is 9.78 Å². The number of aliphatic imine (C=N–C) groups is 1. The third-order valence-corrected chi connectivity index (χ3v) is 4.07. The van der Waals surface area contributed by atoms with Gasteiger partial charge in [0.1, 0.15) is 11.7 Å². The largest absolute Gasteiger partial charge is 0.478 e. The van der Waals surface area contributed by atoms with Crippen LogP contribution in [0.4, 0.5) is 0 Å². The number of fused-ring (bicyclic) bond motifs is 1. The first-order chi connectivity index (χ1) is 11.7. The van der Waals surface area contributed by atoms with E-state index in [1.54, 1.807) is 24.3 Å². The number of imidazole rings is 1. The van der Waals surface area contributed by atoms with E-state index in [4.69, 9.17) is 0 Å². The summed E-state index contributed by atoms with van der Waals surface area (Å²) < 4.78 is 0. The smallest absolute Gasteiger partial charge is 0.336 e. The van der Waals surface area contributed by atoms with Crippen LogP contribution in [0.3, 0.4) is 0 Å². The lowest BCUT2D eigenvalue weighted by atomic mass is 10.1. The van der Waals surface area contributed by atoms with E-state index < -0.39 is 5.97 Å². The second kappa shape index (κ2) is 6.94. The van der Waals surface area contributed by atoms with Crippen molar-refractivity contribution in [3.63, 3.8) is 0 Å². The van der Waals surface area contributed by atoms with Crippen molar-refractivity contribution in [2.75, 3.05) is 13.1 Å². The third-order valence-electron chi connectivity index (χ3n) is 4.07. The van der Waals surface area contributed by atoms with Crippen LogP contribution >= 0.6 is 12.4 Å². The number of carbonyl (C=O) groups is 1. The molecule has 2 aromatic carbocycles.